The molecule has 0 heterocycles. The molecule has 0 aliphatic heterocycles. The van der Waals surface area contributed by atoms with Crippen molar-refractivity contribution in [2.75, 3.05) is 26.7 Å². The second-order valence-electron chi connectivity index (χ2n) is 5.53. The molecule has 1 unspecified atom stereocenters. The fourth-order valence-corrected chi connectivity index (χ4v) is 2.16. The first kappa shape index (κ1) is 13.0. The maximum Gasteiger partial charge on any atom is 0.0473 e. The molecule has 0 radical (unpaired) electrons. The summed E-state index contributed by atoms with van der Waals surface area (Å²) in [4.78, 5) is 2.39. The molecule has 1 aliphatic rings. The number of nitrogens with zero attached hydrogens (tertiary/aromatic N) is 1. The summed E-state index contributed by atoms with van der Waals surface area (Å²) in [5.41, 5.74) is 0. The fourth-order valence-electron chi connectivity index (χ4n) is 2.16. The second kappa shape index (κ2) is 6.49. The van der Waals surface area contributed by atoms with Gasteiger partial charge in [0, 0.05) is 13.2 Å². The number of aliphatic hydroxyl groups excluding tert-OH is 1. The van der Waals surface area contributed by atoms with Crippen LogP contribution in [0.15, 0.2) is 0 Å². The van der Waals surface area contributed by atoms with Gasteiger partial charge in [0.25, 0.3) is 0 Å². The first-order valence-corrected chi connectivity index (χ1v) is 6.43. The first-order valence-electron chi connectivity index (χ1n) is 6.43. The van der Waals surface area contributed by atoms with Gasteiger partial charge < -0.3 is 10.0 Å². The molecule has 0 aromatic heterocycles. The largest absolute Gasteiger partial charge is 0.396 e. The van der Waals surface area contributed by atoms with Crippen molar-refractivity contribution in [3.63, 3.8) is 0 Å². The summed E-state index contributed by atoms with van der Waals surface area (Å²) in [5, 5.41) is 9.25. The zero-order valence-electron chi connectivity index (χ0n) is 10.6. The molecule has 0 aromatic carbocycles. The smallest absolute Gasteiger partial charge is 0.0473 e. The SMILES string of the molecule is CC(C)C(CO)CN(C)CCC1CCC1. The zero-order chi connectivity index (χ0) is 11.3. The van der Waals surface area contributed by atoms with Crippen LogP contribution in [0.1, 0.15) is 39.5 Å². The van der Waals surface area contributed by atoms with Crippen LogP contribution in [-0.4, -0.2) is 36.8 Å². The molecule has 1 N–H and O–H groups in total. The molecule has 1 aliphatic carbocycles. The van der Waals surface area contributed by atoms with E-state index in [2.05, 4.69) is 25.8 Å². The summed E-state index contributed by atoms with van der Waals surface area (Å²) in [6.45, 7) is 6.96. The Morgan fingerprint density at radius 2 is 2.00 bits per heavy atom. The molecule has 1 rings (SSSR count). The lowest BCUT2D eigenvalue weighted by Crippen LogP contribution is -2.32. The number of hydrogen-bond donors (Lipinski definition) is 1. The second-order valence-corrected chi connectivity index (χ2v) is 5.53. The Morgan fingerprint density at radius 1 is 1.33 bits per heavy atom. The highest BCUT2D eigenvalue weighted by molar-refractivity contribution is 4.72. The molecule has 15 heavy (non-hydrogen) atoms. The highest BCUT2D eigenvalue weighted by Gasteiger charge is 2.19. The Bertz CT molecular complexity index is 166. The standard InChI is InChI=1S/C13H27NO/c1-11(2)13(10-15)9-14(3)8-7-12-5-4-6-12/h11-13,15H,4-10H2,1-3H3. The minimum atomic E-state index is 0.325. The van der Waals surface area contributed by atoms with Crippen LogP contribution in [0.5, 0.6) is 0 Å². The van der Waals surface area contributed by atoms with Crippen molar-refractivity contribution in [3.05, 3.63) is 0 Å². The summed E-state index contributed by atoms with van der Waals surface area (Å²) >= 11 is 0. The summed E-state index contributed by atoms with van der Waals surface area (Å²) in [6, 6.07) is 0. The molecule has 0 spiro atoms. The molecule has 2 heteroatoms. The molecule has 0 aromatic rings. The summed E-state index contributed by atoms with van der Waals surface area (Å²) in [5.74, 6) is 2.02. The highest BCUT2D eigenvalue weighted by atomic mass is 16.3. The van der Waals surface area contributed by atoms with Gasteiger partial charge in [-0.2, -0.15) is 0 Å². The van der Waals surface area contributed by atoms with E-state index >= 15 is 0 Å². The van der Waals surface area contributed by atoms with Gasteiger partial charge in [-0.25, -0.2) is 0 Å². The van der Waals surface area contributed by atoms with Crippen molar-refractivity contribution >= 4 is 0 Å². The van der Waals surface area contributed by atoms with Crippen LogP contribution in [0.4, 0.5) is 0 Å². The van der Waals surface area contributed by atoms with E-state index in [4.69, 9.17) is 0 Å². The minimum absolute atomic E-state index is 0.325. The van der Waals surface area contributed by atoms with Crippen LogP contribution in [0.2, 0.25) is 0 Å². The van der Waals surface area contributed by atoms with E-state index in [0.29, 0.717) is 18.4 Å². The Balaban J connectivity index is 2.12. The Hall–Kier alpha value is -0.0800. The molecule has 1 fully saturated rings. The predicted octanol–water partition coefficient (Wildman–Crippen LogP) is 2.37. The molecular formula is C13H27NO. The average Bonchev–Trinajstić information content (AvgIpc) is 2.11. The molecule has 0 saturated heterocycles. The predicted molar refractivity (Wildman–Crippen MR) is 64.9 cm³/mol. The minimum Gasteiger partial charge on any atom is -0.396 e. The molecule has 0 amide bonds. The molecular weight excluding hydrogens is 186 g/mol. The third kappa shape index (κ3) is 4.52. The molecule has 2 nitrogen and oxygen atoms in total. The number of aliphatic hydroxyl groups is 1. The van der Waals surface area contributed by atoms with Crippen LogP contribution in [0.25, 0.3) is 0 Å². The van der Waals surface area contributed by atoms with Crippen molar-refractivity contribution in [1.82, 2.24) is 4.90 Å². The van der Waals surface area contributed by atoms with Crippen molar-refractivity contribution in [2.24, 2.45) is 17.8 Å². The van der Waals surface area contributed by atoms with E-state index < -0.39 is 0 Å². The van der Waals surface area contributed by atoms with E-state index in [1.807, 2.05) is 0 Å². The van der Waals surface area contributed by atoms with Gasteiger partial charge in [-0.05, 0) is 37.8 Å². The van der Waals surface area contributed by atoms with E-state index in [1.165, 1.54) is 32.2 Å². The maximum absolute atomic E-state index is 9.25. The van der Waals surface area contributed by atoms with Gasteiger partial charge >= 0.3 is 0 Å². The van der Waals surface area contributed by atoms with E-state index in [9.17, 15) is 5.11 Å². The molecule has 1 atom stereocenters. The Morgan fingerprint density at radius 3 is 2.40 bits per heavy atom. The van der Waals surface area contributed by atoms with Crippen LogP contribution >= 0.6 is 0 Å². The summed E-state index contributed by atoms with van der Waals surface area (Å²) < 4.78 is 0. The monoisotopic (exact) mass is 213 g/mol. The van der Waals surface area contributed by atoms with Crippen LogP contribution in [0.3, 0.4) is 0 Å². The van der Waals surface area contributed by atoms with E-state index in [0.717, 1.165) is 12.5 Å². The fraction of sp³-hybridized carbons (Fsp3) is 1.00. The lowest BCUT2D eigenvalue weighted by Gasteiger charge is -2.30. The van der Waals surface area contributed by atoms with Crippen LogP contribution in [0, 0.1) is 17.8 Å². The van der Waals surface area contributed by atoms with Crippen molar-refractivity contribution in [1.29, 1.82) is 0 Å². The van der Waals surface area contributed by atoms with Crippen molar-refractivity contribution in [2.45, 2.75) is 39.5 Å². The average molecular weight is 213 g/mol. The molecule has 90 valence electrons. The first-order chi connectivity index (χ1) is 7.13. The van der Waals surface area contributed by atoms with E-state index in [1.54, 1.807) is 0 Å². The van der Waals surface area contributed by atoms with Gasteiger partial charge in [0.15, 0.2) is 0 Å². The number of rotatable bonds is 7. The van der Waals surface area contributed by atoms with Gasteiger partial charge in [-0.1, -0.05) is 33.1 Å². The molecule has 0 bridgehead atoms. The van der Waals surface area contributed by atoms with Gasteiger partial charge in [0.1, 0.15) is 0 Å². The third-order valence-electron chi connectivity index (χ3n) is 3.87. The van der Waals surface area contributed by atoms with Crippen molar-refractivity contribution < 1.29 is 5.11 Å². The Labute approximate surface area is 94.7 Å². The Kier molecular flexibility index (Phi) is 5.62. The van der Waals surface area contributed by atoms with Crippen LogP contribution in [-0.2, 0) is 0 Å². The topological polar surface area (TPSA) is 23.5 Å². The van der Waals surface area contributed by atoms with Crippen molar-refractivity contribution in [3.8, 4) is 0 Å². The van der Waals surface area contributed by atoms with Crippen LogP contribution < -0.4 is 0 Å². The van der Waals surface area contributed by atoms with Gasteiger partial charge in [0.05, 0.1) is 0 Å². The maximum atomic E-state index is 9.25. The quantitative estimate of drug-likeness (QED) is 0.702. The summed E-state index contributed by atoms with van der Waals surface area (Å²) in [7, 11) is 2.18. The normalized spacial score (nSPS) is 19.6. The van der Waals surface area contributed by atoms with E-state index in [-0.39, 0.29) is 0 Å². The lowest BCUT2D eigenvalue weighted by molar-refractivity contribution is 0.138. The number of hydrogen-bond acceptors (Lipinski definition) is 2. The van der Waals surface area contributed by atoms with Gasteiger partial charge in [0.2, 0.25) is 0 Å². The summed E-state index contributed by atoms with van der Waals surface area (Å²) in [6.07, 6.45) is 5.69. The van der Waals surface area contributed by atoms with Gasteiger partial charge in [-0.3, -0.25) is 0 Å². The highest BCUT2D eigenvalue weighted by Crippen LogP contribution is 2.29. The molecule has 1 saturated carbocycles. The van der Waals surface area contributed by atoms with Gasteiger partial charge in [-0.15, -0.1) is 0 Å². The lowest BCUT2D eigenvalue weighted by atomic mass is 9.83. The zero-order valence-corrected chi connectivity index (χ0v) is 10.6. The third-order valence-corrected chi connectivity index (χ3v) is 3.87.